The minimum atomic E-state index is -0.145. The van der Waals surface area contributed by atoms with Crippen LogP contribution in [0.2, 0.25) is 0 Å². The summed E-state index contributed by atoms with van der Waals surface area (Å²) >= 11 is 8.34. The standard InChI is InChI=1S/C13H11Br2NO2S/c1-18-12-5-8(14)2-3-11(12)13(17)16-6-10-4-9(15)7-19-10/h2-5,7H,6H2,1H3,(H,16,17). The Morgan fingerprint density at radius 1 is 1.32 bits per heavy atom. The molecule has 0 saturated carbocycles. The van der Waals surface area contributed by atoms with Gasteiger partial charge in [0.05, 0.1) is 19.2 Å². The van der Waals surface area contributed by atoms with Gasteiger partial charge in [0, 0.05) is 19.2 Å². The zero-order valence-electron chi connectivity index (χ0n) is 10.1. The van der Waals surface area contributed by atoms with Crippen molar-refractivity contribution in [3.63, 3.8) is 0 Å². The molecule has 1 heterocycles. The minimum Gasteiger partial charge on any atom is -0.496 e. The Labute approximate surface area is 132 Å². The highest BCUT2D eigenvalue weighted by atomic mass is 79.9. The van der Waals surface area contributed by atoms with Crippen molar-refractivity contribution in [3.8, 4) is 5.75 Å². The second-order valence-electron chi connectivity index (χ2n) is 3.76. The average molecular weight is 405 g/mol. The van der Waals surface area contributed by atoms with E-state index in [1.807, 2.05) is 17.5 Å². The zero-order chi connectivity index (χ0) is 13.8. The summed E-state index contributed by atoms with van der Waals surface area (Å²) in [5.74, 6) is 0.410. The molecule has 100 valence electrons. The third-order valence-electron chi connectivity index (χ3n) is 2.45. The number of rotatable bonds is 4. The van der Waals surface area contributed by atoms with Crippen molar-refractivity contribution >= 4 is 49.1 Å². The highest BCUT2D eigenvalue weighted by Crippen LogP contribution is 2.24. The fraction of sp³-hybridized carbons (Fsp3) is 0.154. The van der Waals surface area contributed by atoms with E-state index in [0.717, 1.165) is 13.8 Å². The van der Waals surface area contributed by atoms with E-state index in [1.165, 1.54) is 0 Å². The predicted octanol–water partition coefficient (Wildman–Crippen LogP) is 4.21. The Bertz CT molecular complexity index is 598. The topological polar surface area (TPSA) is 38.3 Å². The molecule has 0 fully saturated rings. The largest absolute Gasteiger partial charge is 0.496 e. The maximum absolute atomic E-state index is 12.1. The van der Waals surface area contributed by atoms with E-state index in [9.17, 15) is 4.79 Å². The zero-order valence-corrected chi connectivity index (χ0v) is 14.1. The molecule has 0 spiro atoms. The number of amides is 1. The molecule has 0 atom stereocenters. The van der Waals surface area contributed by atoms with Crippen LogP contribution in [0.15, 0.2) is 38.6 Å². The van der Waals surface area contributed by atoms with Crippen molar-refractivity contribution in [2.75, 3.05) is 7.11 Å². The third kappa shape index (κ3) is 3.81. The Morgan fingerprint density at radius 3 is 2.74 bits per heavy atom. The molecular weight excluding hydrogens is 394 g/mol. The molecule has 0 aliphatic heterocycles. The van der Waals surface area contributed by atoms with Crippen LogP contribution in [-0.4, -0.2) is 13.0 Å². The van der Waals surface area contributed by atoms with Crippen molar-refractivity contribution < 1.29 is 9.53 Å². The van der Waals surface area contributed by atoms with Crippen LogP contribution in [0, 0.1) is 0 Å². The van der Waals surface area contributed by atoms with Crippen LogP contribution in [0.3, 0.4) is 0 Å². The molecule has 0 bridgehead atoms. The summed E-state index contributed by atoms with van der Waals surface area (Å²) in [4.78, 5) is 13.2. The SMILES string of the molecule is COc1cc(Br)ccc1C(=O)NCc1cc(Br)cs1. The van der Waals surface area contributed by atoms with E-state index in [0.29, 0.717) is 17.9 Å². The number of ether oxygens (including phenoxy) is 1. The van der Waals surface area contributed by atoms with Gasteiger partial charge in [-0.15, -0.1) is 11.3 Å². The van der Waals surface area contributed by atoms with Gasteiger partial charge in [0.15, 0.2) is 0 Å². The highest BCUT2D eigenvalue weighted by Gasteiger charge is 2.12. The number of hydrogen-bond acceptors (Lipinski definition) is 3. The number of thiophene rings is 1. The lowest BCUT2D eigenvalue weighted by molar-refractivity contribution is 0.0948. The Kier molecular flexibility index (Phi) is 5.01. The van der Waals surface area contributed by atoms with Gasteiger partial charge < -0.3 is 10.1 Å². The summed E-state index contributed by atoms with van der Waals surface area (Å²) in [5, 5.41) is 4.87. The van der Waals surface area contributed by atoms with Crippen LogP contribution in [0.5, 0.6) is 5.75 Å². The first-order valence-corrected chi connectivity index (χ1v) is 7.91. The monoisotopic (exact) mass is 403 g/mol. The van der Waals surface area contributed by atoms with Crippen LogP contribution in [0.4, 0.5) is 0 Å². The number of hydrogen-bond donors (Lipinski definition) is 1. The van der Waals surface area contributed by atoms with Gasteiger partial charge in [-0.05, 0) is 40.2 Å². The van der Waals surface area contributed by atoms with E-state index in [2.05, 4.69) is 37.2 Å². The Hall–Kier alpha value is -0.850. The van der Waals surface area contributed by atoms with Crippen LogP contribution in [0.1, 0.15) is 15.2 Å². The fourth-order valence-corrected chi connectivity index (χ4v) is 3.29. The van der Waals surface area contributed by atoms with E-state index in [1.54, 1.807) is 30.6 Å². The van der Waals surface area contributed by atoms with Crippen molar-refractivity contribution in [3.05, 3.63) is 49.0 Å². The molecule has 2 rings (SSSR count). The number of benzene rings is 1. The molecule has 19 heavy (non-hydrogen) atoms. The van der Waals surface area contributed by atoms with Crippen molar-refractivity contribution in [1.29, 1.82) is 0 Å². The summed E-state index contributed by atoms with van der Waals surface area (Å²) in [7, 11) is 1.55. The van der Waals surface area contributed by atoms with E-state index in [4.69, 9.17) is 4.74 Å². The van der Waals surface area contributed by atoms with Gasteiger partial charge >= 0.3 is 0 Å². The van der Waals surface area contributed by atoms with Gasteiger partial charge in [-0.2, -0.15) is 0 Å². The molecule has 1 N–H and O–H groups in total. The van der Waals surface area contributed by atoms with E-state index in [-0.39, 0.29) is 5.91 Å². The van der Waals surface area contributed by atoms with Crippen LogP contribution < -0.4 is 10.1 Å². The summed E-state index contributed by atoms with van der Waals surface area (Å²) < 4.78 is 7.12. The van der Waals surface area contributed by atoms with Gasteiger partial charge in [-0.1, -0.05) is 15.9 Å². The van der Waals surface area contributed by atoms with Crippen LogP contribution in [0.25, 0.3) is 0 Å². The first-order valence-electron chi connectivity index (χ1n) is 5.45. The molecule has 0 radical (unpaired) electrons. The molecule has 2 aromatic rings. The smallest absolute Gasteiger partial charge is 0.255 e. The molecule has 0 aliphatic carbocycles. The number of carbonyl (C=O) groups excluding carboxylic acids is 1. The first-order chi connectivity index (χ1) is 9.10. The lowest BCUT2D eigenvalue weighted by Gasteiger charge is -2.09. The molecule has 1 aromatic heterocycles. The van der Waals surface area contributed by atoms with Crippen molar-refractivity contribution in [1.82, 2.24) is 5.32 Å². The Balaban J connectivity index is 2.07. The molecule has 1 aromatic carbocycles. The Morgan fingerprint density at radius 2 is 2.11 bits per heavy atom. The van der Waals surface area contributed by atoms with Gasteiger partial charge in [0.25, 0.3) is 5.91 Å². The van der Waals surface area contributed by atoms with Crippen LogP contribution in [-0.2, 0) is 6.54 Å². The molecule has 0 aliphatic rings. The van der Waals surface area contributed by atoms with Crippen molar-refractivity contribution in [2.45, 2.75) is 6.54 Å². The fourth-order valence-electron chi connectivity index (χ4n) is 1.56. The second kappa shape index (κ2) is 6.54. The lowest BCUT2D eigenvalue weighted by atomic mass is 10.2. The highest BCUT2D eigenvalue weighted by molar-refractivity contribution is 9.10. The average Bonchev–Trinajstić information content (AvgIpc) is 2.81. The molecule has 1 amide bonds. The summed E-state index contributed by atoms with van der Waals surface area (Å²) in [6.45, 7) is 0.508. The molecule has 6 heteroatoms. The third-order valence-corrected chi connectivity index (χ3v) is 4.64. The normalized spacial score (nSPS) is 10.3. The summed E-state index contributed by atoms with van der Waals surface area (Å²) in [6, 6.07) is 7.32. The number of methoxy groups -OCH3 is 1. The number of carbonyl (C=O) groups is 1. The molecule has 0 unspecified atom stereocenters. The van der Waals surface area contributed by atoms with E-state index < -0.39 is 0 Å². The molecule has 3 nitrogen and oxygen atoms in total. The maximum Gasteiger partial charge on any atom is 0.255 e. The van der Waals surface area contributed by atoms with Gasteiger partial charge in [0.1, 0.15) is 5.75 Å². The molecular formula is C13H11Br2NO2S. The number of nitrogens with one attached hydrogen (secondary N) is 1. The predicted molar refractivity (Wildman–Crippen MR) is 83.9 cm³/mol. The number of halogens is 2. The maximum atomic E-state index is 12.1. The van der Waals surface area contributed by atoms with Gasteiger partial charge in [-0.25, -0.2) is 0 Å². The second-order valence-corrected chi connectivity index (χ2v) is 6.59. The quantitative estimate of drug-likeness (QED) is 0.828. The van der Waals surface area contributed by atoms with Gasteiger partial charge in [0.2, 0.25) is 0 Å². The first kappa shape index (κ1) is 14.6. The summed E-state index contributed by atoms with van der Waals surface area (Å²) in [5.41, 5.74) is 0.529. The lowest BCUT2D eigenvalue weighted by Crippen LogP contribution is -2.22. The van der Waals surface area contributed by atoms with Crippen molar-refractivity contribution in [2.24, 2.45) is 0 Å². The summed E-state index contributed by atoms with van der Waals surface area (Å²) in [6.07, 6.45) is 0. The minimum absolute atomic E-state index is 0.145. The van der Waals surface area contributed by atoms with E-state index >= 15 is 0 Å². The van der Waals surface area contributed by atoms with Gasteiger partial charge in [-0.3, -0.25) is 4.79 Å². The molecule has 0 saturated heterocycles. The van der Waals surface area contributed by atoms with Crippen LogP contribution >= 0.6 is 43.2 Å².